The lowest BCUT2D eigenvalue weighted by Crippen LogP contribution is -2.31. The van der Waals surface area contributed by atoms with E-state index >= 15 is 0 Å². The van der Waals surface area contributed by atoms with Gasteiger partial charge < -0.3 is 0 Å². The van der Waals surface area contributed by atoms with Crippen molar-refractivity contribution in [2.75, 3.05) is 6.26 Å². The first kappa shape index (κ1) is 15.7. The van der Waals surface area contributed by atoms with E-state index in [-0.39, 0.29) is 17.0 Å². The van der Waals surface area contributed by atoms with Crippen LogP contribution in [0, 0.1) is 5.92 Å². The molecule has 0 N–H and O–H groups in total. The molecule has 5 heteroatoms. The Morgan fingerprint density at radius 2 is 2.20 bits per heavy atom. The summed E-state index contributed by atoms with van der Waals surface area (Å²) in [5, 5.41) is 1.75. The molecule has 0 aromatic carbocycles. The summed E-state index contributed by atoms with van der Waals surface area (Å²) in [6.07, 6.45) is 6.68. The Bertz CT molecular complexity index is 531. The van der Waals surface area contributed by atoms with Gasteiger partial charge in [0.1, 0.15) is 15.6 Å². The van der Waals surface area contributed by atoms with E-state index in [1.165, 1.54) is 11.1 Å². The lowest BCUT2D eigenvalue weighted by molar-refractivity contribution is -0.123. The molecule has 1 aliphatic rings. The predicted octanol–water partition coefficient (Wildman–Crippen LogP) is 3.24. The third kappa shape index (κ3) is 4.42. The molecule has 20 heavy (non-hydrogen) atoms. The molecule has 0 aliphatic heterocycles. The zero-order valence-corrected chi connectivity index (χ0v) is 13.5. The molecule has 2 rings (SSSR count). The topological polar surface area (TPSA) is 51.2 Å². The highest BCUT2D eigenvalue weighted by atomic mass is 32.2. The number of hydrogen-bond acceptors (Lipinski definition) is 4. The van der Waals surface area contributed by atoms with Crippen LogP contribution in [0.1, 0.15) is 43.4 Å². The fourth-order valence-electron chi connectivity index (χ4n) is 2.92. The summed E-state index contributed by atoms with van der Waals surface area (Å²) in [4.78, 5) is 13.5. The van der Waals surface area contributed by atoms with Gasteiger partial charge in [-0.2, -0.15) is 0 Å². The Labute approximate surface area is 125 Å². The van der Waals surface area contributed by atoms with E-state index in [4.69, 9.17) is 0 Å². The summed E-state index contributed by atoms with van der Waals surface area (Å²) in [5.74, 6) is 0.224. The molecule has 112 valence electrons. The van der Waals surface area contributed by atoms with Crippen LogP contribution in [-0.4, -0.2) is 25.7 Å². The number of carbonyl (C=O) groups is 1. The molecule has 1 aromatic heterocycles. The minimum Gasteiger partial charge on any atom is -0.299 e. The van der Waals surface area contributed by atoms with Crippen LogP contribution >= 0.6 is 11.3 Å². The molecule has 1 aromatic rings. The quantitative estimate of drug-likeness (QED) is 0.810. The SMILES string of the molecule is CS(=O)(=O)C1CCCC(C(=O)CCCc2cccs2)C1. The van der Waals surface area contributed by atoms with Crippen molar-refractivity contribution >= 4 is 27.0 Å². The molecule has 0 spiro atoms. The van der Waals surface area contributed by atoms with Gasteiger partial charge in [-0.05, 0) is 43.6 Å². The minimum absolute atomic E-state index is 0.0354. The monoisotopic (exact) mass is 314 g/mol. The summed E-state index contributed by atoms with van der Waals surface area (Å²) >= 11 is 1.72. The smallest absolute Gasteiger partial charge is 0.150 e. The first-order valence-electron chi connectivity index (χ1n) is 7.21. The fourth-order valence-corrected chi connectivity index (χ4v) is 4.85. The van der Waals surface area contributed by atoms with E-state index in [9.17, 15) is 13.2 Å². The highest BCUT2D eigenvalue weighted by Crippen LogP contribution is 2.30. The van der Waals surface area contributed by atoms with Crippen LogP contribution in [0.15, 0.2) is 17.5 Å². The summed E-state index contributed by atoms with van der Waals surface area (Å²) < 4.78 is 23.2. The van der Waals surface area contributed by atoms with Gasteiger partial charge in [0.2, 0.25) is 0 Å². The van der Waals surface area contributed by atoms with Gasteiger partial charge in [0.05, 0.1) is 5.25 Å². The highest BCUT2D eigenvalue weighted by Gasteiger charge is 2.31. The number of sulfone groups is 1. The summed E-state index contributed by atoms with van der Waals surface area (Å²) in [7, 11) is -3.00. The van der Waals surface area contributed by atoms with Gasteiger partial charge in [0.15, 0.2) is 0 Å². The Balaban J connectivity index is 1.80. The van der Waals surface area contributed by atoms with Crippen molar-refractivity contribution in [1.29, 1.82) is 0 Å². The molecule has 0 radical (unpaired) electrons. The van der Waals surface area contributed by atoms with Crippen molar-refractivity contribution in [3.63, 3.8) is 0 Å². The van der Waals surface area contributed by atoms with Gasteiger partial charge >= 0.3 is 0 Å². The Morgan fingerprint density at radius 1 is 1.40 bits per heavy atom. The predicted molar refractivity (Wildman–Crippen MR) is 82.9 cm³/mol. The van der Waals surface area contributed by atoms with E-state index in [2.05, 4.69) is 11.4 Å². The van der Waals surface area contributed by atoms with Crippen LogP contribution in [0.5, 0.6) is 0 Å². The number of thiophene rings is 1. The average Bonchev–Trinajstić information content (AvgIpc) is 2.91. The Hall–Kier alpha value is -0.680. The van der Waals surface area contributed by atoms with Crippen LogP contribution in [-0.2, 0) is 21.1 Å². The molecular weight excluding hydrogens is 292 g/mol. The molecule has 0 amide bonds. The highest BCUT2D eigenvalue weighted by molar-refractivity contribution is 7.91. The van der Waals surface area contributed by atoms with Crippen molar-refractivity contribution in [1.82, 2.24) is 0 Å². The van der Waals surface area contributed by atoms with Crippen LogP contribution in [0.2, 0.25) is 0 Å². The number of aryl methyl sites for hydroxylation is 1. The van der Waals surface area contributed by atoms with Gasteiger partial charge in [0.25, 0.3) is 0 Å². The number of carbonyl (C=O) groups excluding carboxylic acids is 1. The Kier molecular flexibility index (Phi) is 5.38. The van der Waals surface area contributed by atoms with Crippen molar-refractivity contribution in [3.05, 3.63) is 22.4 Å². The van der Waals surface area contributed by atoms with Crippen molar-refractivity contribution in [3.8, 4) is 0 Å². The molecule has 1 heterocycles. The number of hydrogen-bond donors (Lipinski definition) is 0. The second kappa shape index (κ2) is 6.85. The first-order valence-corrected chi connectivity index (χ1v) is 10.0. The average molecular weight is 314 g/mol. The van der Waals surface area contributed by atoms with Crippen LogP contribution in [0.3, 0.4) is 0 Å². The number of ketones is 1. The van der Waals surface area contributed by atoms with Crippen LogP contribution in [0.4, 0.5) is 0 Å². The molecule has 0 bridgehead atoms. The summed E-state index contributed by atoms with van der Waals surface area (Å²) in [6.45, 7) is 0. The second-order valence-electron chi connectivity index (χ2n) is 5.71. The maximum atomic E-state index is 12.2. The molecule has 2 atom stereocenters. The molecule has 2 unspecified atom stereocenters. The summed E-state index contributed by atoms with van der Waals surface area (Å²) in [5.41, 5.74) is 0. The van der Waals surface area contributed by atoms with E-state index in [0.717, 1.165) is 32.1 Å². The zero-order valence-electron chi connectivity index (χ0n) is 11.9. The van der Waals surface area contributed by atoms with Gasteiger partial charge in [-0.25, -0.2) is 8.42 Å². The third-order valence-corrected chi connectivity index (χ3v) is 6.69. The van der Waals surface area contributed by atoms with Gasteiger partial charge in [0, 0.05) is 23.5 Å². The second-order valence-corrected chi connectivity index (χ2v) is 9.07. The van der Waals surface area contributed by atoms with Gasteiger partial charge in [-0.3, -0.25) is 4.79 Å². The Morgan fingerprint density at radius 3 is 2.85 bits per heavy atom. The van der Waals surface area contributed by atoms with Crippen molar-refractivity contribution in [2.45, 2.75) is 50.2 Å². The number of Topliss-reactive ketones (excluding diaryl/α,β-unsaturated/α-hetero) is 1. The molecule has 1 saturated carbocycles. The lowest BCUT2D eigenvalue weighted by atomic mass is 9.84. The largest absolute Gasteiger partial charge is 0.299 e. The molecule has 1 aliphatic carbocycles. The number of rotatable bonds is 6. The van der Waals surface area contributed by atoms with Crippen molar-refractivity contribution < 1.29 is 13.2 Å². The third-order valence-electron chi connectivity index (χ3n) is 4.11. The van der Waals surface area contributed by atoms with Crippen LogP contribution < -0.4 is 0 Å². The van der Waals surface area contributed by atoms with Gasteiger partial charge in [-0.1, -0.05) is 12.5 Å². The van der Waals surface area contributed by atoms with E-state index < -0.39 is 9.84 Å². The van der Waals surface area contributed by atoms with E-state index in [1.54, 1.807) is 11.3 Å². The zero-order chi connectivity index (χ0) is 14.6. The minimum atomic E-state index is -3.00. The lowest BCUT2D eigenvalue weighted by Gasteiger charge is -2.27. The van der Waals surface area contributed by atoms with Crippen molar-refractivity contribution in [2.24, 2.45) is 5.92 Å². The normalized spacial score (nSPS) is 23.6. The van der Waals surface area contributed by atoms with E-state index in [1.807, 2.05) is 6.07 Å². The fraction of sp³-hybridized carbons (Fsp3) is 0.667. The molecule has 1 fully saturated rings. The summed E-state index contributed by atoms with van der Waals surface area (Å²) in [6, 6.07) is 4.12. The molecule has 3 nitrogen and oxygen atoms in total. The maximum absolute atomic E-state index is 12.2. The van der Waals surface area contributed by atoms with Gasteiger partial charge in [-0.15, -0.1) is 11.3 Å². The maximum Gasteiger partial charge on any atom is 0.150 e. The standard InChI is InChI=1S/C15H22O3S2/c1-20(17,18)14-8-2-5-12(11-14)15(16)9-3-6-13-7-4-10-19-13/h4,7,10,12,14H,2-3,5-6,8-9,11H2,1H3. The molecule has 0 saturated heterocycles. The van der Waals surface area contributed by atoms with Crippen LogP contribution in [0.25, 0.3) is 0 Å². The first-order chi connectivity index (χ1) is 9.47. The van der Waals surface area contributed by atoms with E-state index in [0.29, 0.717) is 12.8 Å². The molecular formula is C15H22O3S2.